The zero-order valence-corrected chi connectivity index (χ0v) is 42.7. The zero-order chi connectivity index (χ0) is 45.8. The molecule has 0 spiro atoms. The fourth-order valence-electron chi connectivity index (χ4n) is 7.82. The van der Waals surface area contributed by atoms with Crippen LogP contribution >= 0.6 is 7.82 Å². The van der Waals surface area contributed by atoms with E-state index in [-0.39, 0.29) is 31.5 Å². The van der Waals surface area contributed by atoms with Gasteiger partial charge in [0.25, 0.3) is 7.82 Å². The molecular weight excluding hydrogens is 796 g/mol. The summed E-state index contributed by atoms with van der Waals surface area (Å²) in [7, 11) is 1.20. The number of phosphoric ester groups is 1. The standard InChI is InChI=1S/C52H103N2O7P/c1-7-10-13-16-19-22-25-26-27-30-32-35-38-41-44-51(55)53-49(48-60-62(57,58)59-47-46-54(4,5)6)50(43-40-37-34-31-28-23-20-17-14-11-8-2)61-52(56)45-42-39-36-33-29-24-21-18-15-12-9-3/h40,43,49-50H,7-39,41-42,44-48H2,1-6H3,(H-,53,55,57,58)/b43-40+. The summed E-state index contributed by atoms with van der Waals surface area (Å²) in [5.41, 5.74) is 0. The summed E-state index contributed by atoms with van der Waals surface area (Å²) >= 11 is 0. The van der Waals surface area contributed by atoms with Crippen LogP contribution in [0.1, 0.15) is 258 Å². The Morgan fingerprint density at radius 2 is 0.919 bits per heavy atom. The first-order valence-electron chi connectivity index (χ1n) is 26.5. The van der Waals surface area contributed by atoms with Gasteiger partial charge in [0.05, 0.1) is 33.8 Å². The molecule has 1 amide bonds. The van der Waals surface area contributed by atoms with E-state index in [1.54, 1.807) is 0 Å². The van der Waals surface area contributed by atoms with Gasteiger partial charge in [-0.25, -0.2) is 0 Å². The van der Waals surface area contributed by atoms with Crippen molar-refractivity contribution < 1.29 is 37.3 Å². The van der Waals surface area contributed by atoms with Crippen LogP contribution in [0.25, 0.3) is 0 Å². The molecule has 0 saturated carbocycles. The van der Waals surface area contributed by atoms with Gasteiger partial charge in [0, 0.05) is 12.8 Å². The van der Waals surface area contributed by atoms with Crippen LogP contribution in [0.4, 0.5) is 0 Å². The largest absolute Gasteiger partial charge is 0.756 e. The fourth-order valence-corrected chi connectivity index (χ4v) is 8.54. The van der Waals surface area contributed by atoms with Crippen molar-refractivity contribution in [3.8, 4) is 0 Å². The van der Waals surface area contributed by atoms with Gasteiger partial charge in [-0.2, -0.15) is 0 Å². The molecule has 0 rings (SSSR count). The first-order chi connectivity index (χ1) is 29.9. The van der Waals surface area contributed by atoms with Gasteiger partial charge in [0.15, 0.2) is 0 Å². The second-order valence-corrected chi connectivity index (χ2v) is 20.8. The monoisotopic (exact) mass is 899 g/mol. The minimum Gasteiger partial charge on any atom is -0.756 e. The number of allylic oxidation sites excluding steroid dienone is 1. The maximum absolute atomic E-state index is 13.4. The van der Waals surface area contributed by atoms with Gasteiger partial charge in [-0.3, -0.25) is 14.2 Å². The van der Waals surface area contributed by atoms with Gasteiger partial charge >= 0.3 is 5.97 Å². The Morgan fingerprint density at radius 3 is 1.32 bits per heavy atom. The quantitative estimate of drug-likeness (QED) is 0.0213. The number of quaternary nitrogens is 1. The van der Waals surface area contributed by atoms with Gasteiger partial charge in [0.1, 0.15) is 19.3 Å². The lowest BCUT2D eigenvalue weighted by Crippen LogP contribution is -2.47. The Bertz CT molecular complexity index is 1080. The summed E-state index contributed by atoms with van der Waals surface area (Å²) < 4.78 is 30.1. The molecule has 1 N–H and O–H groups in total. The normalized spacial score (nSPS) is 14.0. The maximum atomic E-state index is 13.4. The number of hydrogen-bond acceptors (Lipinski definition) is 7. The molecule has 368 valence electrons. The predicted molar refractivity (Wildman–Crippen MR) is 261 cm³/mol. The van der Waals surface area contributed by atoms with E-state index in [2.05, 4.69) is 26.1 Å². The van der Waals surface area contributed by atoms with Crippen LogP contribution in [0.5, 0.6) is 0 Å². The molecule has 0 saturated heterocycles. The minimum atomic E-state index is -4.68. The number of carbonyl (C=O) groups is 2. The number of amides is 1. The van der Waals surface area contributed by atoms with Crippen molar-refractivity contribution in [1.29, 1.82) is 0 Å². The van der Waals surface area contributed by atoms with E-state index >= 15 is 0 Å². The van der Waals surface area contributed by atoms with Crippen molar-refractivity contribution in [2.24, 2.45) is 0 Å². The highest BCUT2D eigenvalue weighted by atomic mass is 31.2. The van der Waals surface area contributed by atoms with E-state index in [4.69, 9.17) is 13.8 Å². The molecular formula is C52H103N2O7P. The highest BCUT2D eigenvalue weighted by molar-refractivity contribution is 7.45. The Balaban J connectivity index is 5.37. The number of ether oxygens (including phenoxy) is 1. The summed E-state index contributed by atoms with van der Waals surface area (Å²) in [6.07, 6.45) is 46.0. The molecule has 0 bridgehead atoms. The predicted octanol–water partition coefficient (Wildman–Crippen LogP) is 14.6. The van der Waals surface area contributed by atoms with Crippen LogP contribution in [0, 0.1) is 0 Å². The van der Waals surface area contributed by atoms with E-state index in [9.17, 15) is 19.0 Å². The lowest BCUT2D eigenvalue weighted by atomic mass is 10.0. The third-order valence-corrected chi connectivity index (χ3v) is 12.9. The van der Waals surface area contributed by atoms with Crippen molar-refractivity contribution in [3.63, 3.8) is 0 Å². The van der Waals surface area contributed by atoms with Crippen molar-refractivity contribution in [1.82, 2.24) is 5.32 Å². The number of carbonyl (C=O) groups excluding carboxylic acids is 2. The van der Waals surface area contributed by atoms with Gasteiger partial charge < -0.3 is 28.5 Å². The number of esters is 1. The van der Waals surface area contributed by atoms with Gasteiger partial charge in [-0.15, -0.1) is 0 Å². The molecule has 9 nitrogen and oxygen atoms in total. The summed E-state index contributed by atoms with van der Waals surface area (Å²) in [5.74, 6) is -0.530. The molecule has 0 aliphatic heterocycles. The number of phosphoric acid groups is 1. The Kier molecular flexibility index (Phi) is 42.8. The highest BCUT2D eigenvalue weighted by Gasteiger charge is 2.27. The summed E-state index contributed by atoms with van der Waals surface area (Å²) in [4.78, 5) is 39.6. The van der Waals surface area contributed by atoms with Crippen molar-refractivity contribution >= 4 is 19.7 Å². The first-order valence-corrected chi connectivity index (χ1v) is 28.0. The van der Waals surface area contributed by atoms with E-state index < -0.39 is 20.0 Å². The number of nitrogens with zero attached hydrogens (tertiary/aromatic N) is 1. The van der Waals surface area contributed by atoms with Gasteiger partial charge in [-0.1, -0.05) is 226 Å². The number of nitrogens with one attached hydrogen (secondary N) is 1. The molecule has 0 aliphatic carbocycles. The summed E-state index contributed by atoms with van der Waals surface area (Å²) in [6.45, 7) is 6.84. The summed E-state index contributed by atoms with van der Waals surface area (Å²) in [6, 6.07) is -0.876. The van der Waals surface area contributed by atoms with Crippen LogP contribution in [0.2, 0.25) is 0 Å². The molecule has 0 aromatic carbocycles. The molecule has 62 heavy (non-hydrogen) atoms. The topological polar surface area (TPSA) is 114 Å². The molecule has 0 aliphatic rings. The zero-order valence-electron chi connectivity index (χ0n) is 41.8. The third kappa shape index (κ3) is 44.0. The smallest absolute Gasteiger partial charge is 0.306 e. The average Bonchev–Trinajstić information content (AvgIpc) is 3.22. The molecule has 0 fully saturated rings. The molecule has 10 heteroatoms. The second kappa shape index (κ2) is 43.6. The lowest BCUT2D eigenvalue weighted by Gasteiger charge is -2.30. The molecule has 0 heterocycles. The molecule has 0 aromatic heterocycles. The van der Waals surface area contributed by atoms with Gasteiger partial charge in [-0.05, 0) is 31.8 Å². The van der Waals surface area contributed by atoms with E-state index in [1.807, 2.05) is 33.3 Å². The summed E-state index contributed by atoms with van der Waals surface area (Å²) in [5, 5.41) is 3.01. The van der Waals surface area contributed by atoms with Crippen LogP contribution in [-0.4, -0.2) is 69.4 Å². The highest BCUT2D eigenvalue weighted by Crippen LogP contribution is 2.38. The van der Waals surface area contributed by atoms with Crippen LogP contribution < -0.4 is 10.2 Å². The number of unbranched alkanes of at least 4 members (excludes halogenated alkanes) is 32. The SMILES string of the molecule is CCCCCCCCCCC/C=C/C(OC(=O)CCCCCCCCCCCCC)C(COP(=O)([O-])OCC[N+](C)(C)C)NC(=O)CCCCCCCCCCCCCCCC. The first kappa shape index (κ1) is 60.8. The van der Waals surface area contributed by atoms with E-state index in [0.717, 1.165) is 57.8 Å². The number of hydrogen-bond donors (Lipinski definition) is 1. The van der Waals surface area contributed by atoms with Crippen molar-refractivity contribution in [3.05, 3.63) is 12.2 Å². The Morgan fingerprint density at radius 1 is 0.548 bits per heavy atom. The third-order valence-electron chi connectivity index (χ3n) is 12.0. The van der Waals surface area contributed by atoms with Crippen LogP contribution in [0.3, 0.4) is 0 Å². The Labute approximate surface area is 384 Å². The van der Waals surface area contributed by atoms with E-state index in [1.165, 1.54) is 167 Å². The van der Waals surface area contributed by atoms with Gasteiger partial charge in [0.2, 0.25) is 5.91 Å². The fraction of sp³-hybridized carbons (Fsp3) is 0.923. The molecule has 0 aromatic rings. The number of rotatable bonds is 48. The van der Waals surface area contributed by atoms with Crippen LogP contribution in [0.15, 0.2) is 12.2 Å². The minimum absolute atomic E-state index is 0.0174. The molecule has 3 unspecified atom stereocenters. The van der Waals surface area contributed by atoms with Crippen molar-refractivity contribution in [2.45, 2.75) is 270 Å². The Hall–Kier alpha value is -1.25. The second-order valence-electron chi connectivity index (χ2n) is 19.4. The lowest BCUT2D eigenvalue weighted by molar-refractivity contribution is -0.870. The van der Waals surface area contributed by atoms with Crippen LogP contribution in [-0.2, 0) is 27.9 Å². The maximum Gasteiger partial charge on any atom is 0.306 e. The van der Waals surface area contributed by atoms with E-state index in [0.29, 0.717) is 17.4 Å². The molecule has 0 radical (unpaired) electrons. The van der Waals surface area contributed by atoms with Crippen molar-refractivity contribution in [2.75, 3.05) is 40.9 Å². The number of likely N-dealkylation sites (N-methyl/N-ethyl adjacent to an activating group) is 1. The molecule has 3 atom stereocenters. The average molecular weight is 899 g/mol.